The third kappa shape index (κ3) is 4.82. The maximum Gasteiger partial charge on any atom is 0.274 e. The van der Waals surface area contributed by atoms with Crippen LogP contribution in [-0.4, -0.2) is 23.0 Å². The second-order valence-electron chi connectivity index (χ2n) is 6.18. The normalized spacial score (nSPS) is 11.5. The molecule has 0 radical (unpaired) electrons. The first-order valence-electron chi connectivity index (χ1n) is 8.68. The largest absolute Gasteiger partial charge is 0.497 e. The fourth-order valence-corrected chi connectivity index (χ4v) is 2.66. The van der Waals surface area contributed by atoms with Gasteiger partial charge in [0, 0.05) is 17.4 Å². The molecule has 2 N–H and O–H groups in total. The van der Waals surface area contributed by atoms with Crippen LogP contribution < -0.4 is 15.4 Å². The molecule has 6 nitrogen and oxygen atoms in total. The number of carbonyl (C=O) groups excluding carboxylic acids is 1. The third-order valence-corrected chi connectivity index (χ3v) is 4.06. The lowest BCUT2D eigenvalue weighted by atomic mass is 10.1. The molecule has 0 saturated heterocycles. The number of rotatable bonds is 6. The standard InChI is InChI=1S/C21H22N4O2/c1-14-12-19(20(26)24-17-10-7-11-18(13-17)27-3)25-21(22-14)23-15(2)16-8-5-4-6-9-16/h4-13,15H,1-3H3,(H,24,26)(H,22,23,25). The molecule has 0 saturated carbocycles. The molecule has 0 aliphatic rings. The molecule has 6 heteroatoms. The van der Waals surface area contributed by atoms with Crippen LogP contribution in [0.5, 0.6) is 5.75 Å². The summed E-state index contributed by atoms with van der Waals surface area (Å²) in [4.78, 5) is 21.4. The van der Waals surface area contributed by atoms with Gasteiger partial charge in [-0.1, -0.05) is 36.4 Å². The van der Waals surface area contributed by atoms with Crippen molar-refractivity contribution in [3.8, 4) is 5.75 Å². The van der Waals surface area contributed by atoms with Crippen molar-refractivity contribution in [2.45, 2.75) is 19.9 Å². The second-order valence-corrected chi connectivity index (χ2v) is 6.18. The van der Waals surface area contributed by atoms with Crippen molar-refractivity contribution in [1.29, 1.82) is 0 Å². The van der Waals surface area contributed by atoms with Crippen molar-refractivity contribution < 1.29 is 9.53 Å². The SMILES string of the molecule is COc1cccc(NC(=O)c2cc(C)nc(NC(C)c3ccccc3)n2)c1. The summed E-state index contributed by atoms with van der Waals surface area (Å²) in [6, 6.07) is 18.9. The molecule has 3 aromatic rings. The summed E-state index contributed by atoms with van der Waals surface area (Å²) in [6.07, 6.45) is 0. The molecule has 27 heavy (non-hydrogen) atoms. The summed E-state index contributed by atoms with van der Waals surface area (Å²) >= 11 is 0. The van der Waals surface area contributed by atoms with Crippen LogP contribution in [0.4, 0.5) is 11.6 Å². The lowest BCUT2D eigenvalue weighted by Gasteiger charge is -2.15. The van der Waals surface area contributed by atoms with Crippen molar-refractivity contribution in [2.24, 2.45) is 0 Å². The first-order valence-corrected chi connectivity index (χ1v) is 8.68. The zero-order chi connectivity index (χ0) is 19.2. The van der Waals surface area contributed by atoms with E-state index >= 15 is 0 Å². The molecule has 3 rings (SSSR count). The molecular formula is C21H22N4O2. The van der Waals surface area contributed by atoms with E-state index in [1.165, 1.54) is 0 Å². The number of aryl methyl sites for hydroxylation is 1. The highest BCUT2D eigenvalue weighted by Gasteiger charge is 2.13. The predicted octanol–water partition coefficient (Wildman–Crippen LogP) is 4.22. The summed E-state index contributed by atoms with van der Waals surface area (Å²) in [7, 11) is 1.58. The van der Waals surface area contributed by atoms with Gasteiger partial charge in [-0.25, -0.2) is 9.97 Å². The van der Waals surface area contributed by atoms with Crippen LogP contribution in [0.15, 0.2) is 60.7 Å². The molecule has 0 spiro atoms. The van der Waals surface area contributed by atoms with E-state index < -0.39 is 0 Å². The van der Waals surface area contributed by atoms with Gasteiger partial charge in [0.05, 0.1) is 13.2 Å². The quantitative estimate of drug-likeness (QED) is 0.687. The number of nitrogens with one attached hydrogen (secondary N) is 2. The number of anilines is 2. The van der Waals surface area contributed by atoms with Crippen LogP contribution in [0.2, 0.25) is 0 Å². The summed E-state index contributed by atoms with van der Waals surface area (Å²) in [5, 5.41) is 6.09. The van der Waals surface area contributed by atoms with Gasteiger partial charge < -0.3 is 15.4 Å². The van der Waals surface area contributed by atoms with Crippen LogP contribution >= 0.6 is 0 Å². The van der Waals surface area contributed by atoms with Crippen LogP contribution in [0.1, 0.15) is 34.7 Å². The van der Waals surface area contributed by atoms with Gasteiger partial charge in [0.15, 0.2) is 0 Å². The predicted molar refractivity (Wildman–Crippen MR) is 106 cm³/mol. The monoisotopic (exact) mass is 362 g/mol. The Bertz CT molecular complexity index is 928. The minimum atomic E-state index is -0.302. The minimum Gasteiger partial charge on any atom is -0.497 e. The number of nitrogens with zero attached hydrogens (tertiary/aromatic N) is 2. The molecule has 1 aromatic heterocycles. The van der Waals surface area contributed by atoms with E-state index in [1.807, 2.05) is 56.3 Å². The number of carbonyl (C=O) groups is 1. The Balaban J connectivity index is 1.77. The van der Waals surface area contributed by atoms with Gasteiger partial charge in [0.2, 0.25) is 5.95 Å². The number of methoxy groups -OCH3 is 1. The van der Waals surface area contributed by atoms with E-state index in [4.69, 9.17) is 4.74 Å². The highest BCUT2D eigenvalue weighted by atomic mass is 16.5. The van der Waals surface area contributed by atoms with Gasteiger partial charge in [0.25, 0.3) is 5.91 Å². The Morgan fingerprint density at radius 2 is 1.81 bits per heavy atom. The van der Waals surface area contributed by atoms with Crippen LogP contribution in [0.3, 0.4) is 0 Å². The number of hydrogen-bond donors (Lipinski definition) is 2. The average molecular weight is 362 g/mol. The maximum absolute atomic E-state index is 12.6. The number of amides is 1. The molecule has 138 valence electrons. The van der Waals surface area contributed by atoms with Gasteiger partial charge in [-0.05, 0) is 37.6 Å². The van der Waals surface area contributed by atoms with Gasteiger partial charge in [-0.3, -0.25) is 4.79 Å². The smallest absolute Gasteiger partial charge is 0.274 e. The number of hydrogen-bond acceptors (Lipinski definition) is 5. The van der Waals surface area contributed by atoms with Crippen molar-refractivity contribution >= 4 is 17.5 Å². The Hall–Kier alpha value is -3.41. The molecule has 0 aliphatic heterocycles. The second kappa shape index (κ2) is 8.31. The van der Waals surface area contributed by atoms with Crippen LogP contribution in [0.25, 0.3) is 0 Å². The van der Waals surface area contributed by atoms with Gasteiger partial charge >= 0.3 is 0 Å². The van der Waals surface area contributed by atoms with E-state index in [0.29, 0.717) is 28.8 Å². The molecule has 0 fully saturated rings. The fourth-order valence-electron chi connectivity index (χ4n) is 2.66. The van der Waals surface area contributed by atoms with Gasteiger partial charge in [-0.2, -0.15) is 0 Å². The number of ether oxygens (including phenoxy) is 1. The molecule has 1 amide bonds. The van der Waals surface area contributed by atoms with Crippen LogP contribution in [0, 0.1) is 6.92 Å². The van der Waals surface area contributed by atoms with Crippen molar-refractivity contribution in [2.75, 3.05) is 17.7 Å². The average Bonchev–Trinajstić information content (AvgIpc) is 2.68. The minimum absolute atomic E-state index is 0.0160. The highest BCUT2D eigenvalue weighted by Crippen LogP contribution is 2.19. The molecule has 2 aromatic carbocycles. The zero-order valence-corrected chi connectivity index (χ0v) is 15.6. The van der Waals surface area contributed by atoms with Crippen molar-refractivity contribution in [3.05, 3.63) is 77.6 Å². The Morgan fingerprint density at radius 1 is 1.04 bits per heavy atom. The van der Waals surface area contributed by atoms with E-state index in [2.05, 4.69) is 20.6 Å². The first-order chi connectivity index (χ1) is 13.0. The molecular weight excluding hydrogens is 340 g/mol. The molecule has 1 unspecified atom stereocenters. The summed E-state index contributed by atoms with van der Waals surface area (Å²) < 4.78 is 5.18. The van der Waals surface area contributed by atoms with E-state index in [-0.39, 0.29) is 11.9 Å². The van der Waals surface area contributed by atoms with Gasteiger partial charge in [0.1, 0.15) is 11.4 Å². The number of benzene rings is 2. The van der Waals surface area contributed by atoms with Crippen LogP contribution in [-0.2, 0) is 0 Å². The summed E-state index contributed by atoms with van der Waals surface area (Å²) in [5.41, 5.74) is 2.77. The first kappa shape index (κ1) is 18.4. The third-order valence-electron chi connectivity index (χ3n) is 4.06. The van der Waals surface area contributed by atoms with Gasteiger partial charge in [-0.15, -0.1) is 0 Å². The lowest BCUT2D eigenvalue weighted by molar-refractivity contribution is 0.102. The van der Waals surface area contributed by atoms with Crippen molar-refractivity contribution in [3.63, 3.8) is 0 Å². The topological polar surface area (TPSA) is 76.1 Å². The van der Waals surface area contributed by atoms with Crippen molar-refractivity contribution in [1.82, 2.24) is 9.97 Å². The Kier molecular flexibility index (Phi) is 5.66. The Labute approximate surface area is 158 Å². The summed E-state index contributed by atoms with van der Waals surface area (Å²) in [6.45, 7) is 3.86. The fraction of sp³-hybridized carbons (Fsp3) is 0.190. The highest BCUT2D eigenvalue weighted by molar-refractivity contribution is 6.03. The van der Waals surface area contributed by atoms with E-state index in [0.717, 1.165) is 5.56 Å². The Morgan fingerprint density at radius 3 is 2.56 bits per heavy atom. The van der Waals surface area contributed by atoms with E-state index in [1.54, 1.807) is 25.3 Å². The molecule has 0 aliphatic carbocycles. The molecule has 1 atom stereocenters. The lowest BCUT2D eigenvalue weighted by Crippen LogP contribution is -2.17. The zero-order valence-electron chi connectivity index (χ0n) is 15.6. The van der Waals surface area contributed by atoms with E-state index in [9.17, 15) is 4.79 Å². The number of aromatic nitrogens is 2. The molecule has 0 bridgehead atoms. The maximum atomic E-state index is 12.6. The molecule has 1 heterocycles. The summed E-state index contributed by atoms with van der Waals surface area (Å²) in [5.74, 6) is 0.789.